The summed E-state index contributed by atoms with van der Waals surface area (Å²) in [6.07, 6.45) is 0. The van der Waals surface area contributed by atoms with E-state index in [1.165, 1.54) is 0 Å². The standard InChI is InChI=1S/C5H13N2O/c1-7(2)4-3-6(8)5-7/h6H,3-5H2,1-2H3/q+1. The SMILES string of the molecule is C[N+]1(C)CC[NH+]([O-])C1. The Morgan fingerprint density at radius 1 is 1.50 bits per heavy atom. The van der Waals surface area contributed by atoms with E-state index in [9.17, 15) is 5.21 Å². The van der Waals surface area contributed by atoms with Crippen LogP contribution in [0, 0.1) is 5.21 Å². The molecule has 48 valence electrons. The van der Waals surface area contributed by atoms with Gasteiger partial charge < -0.3 is 10.3 Å². The molecule has 1 atom stereocenters. The molecule has 0 aromatic rings. The molecule has 1 fully saturated rings. The summed E-state index contributed by atoms with van der Waals surface area (Å²) < 4.78 is 0.888. The van der Waals surface area contributed by atoms with Gasteiger partial charge in [-0.25, -0.2) is 0 Å². The average Bonchev–Trinajstić information content (AvgIpc) is 1.82. The van der Waals surface area contributed by atoms with E-state index in [4.69, 9.17) is 0 Å². The fraction of sp³-hybridized carbons (Fsp3) is 1.00. The molecule has 0 saturated carbocycles. The predicted octanol–water partition coefficient (Wildman–Crippen LogP) is -1.58. The van der Waals surface area contributed by atoms with Gasteiger partial charge in [0.05, 0.1) is 14.1 Å². The molecular weight excluding hydrogens is 104 g/mol. The first-order chi connectivity index (χ1) is 3.60. The van der Waals surface area contributed by atoms with Crippen molar-refractivity contribution in [1.29, 1.82) is 0 Å². The van der Waals surface area contributed by atoms with E-state index in [-0.39, 0.29) is 0 Å². The number of hydroxylamine groups is 2. The summed E-state index contributed by atoms with van der Waals surface area (Å²) in [6.45, 7) is 2.55. The molecule has 0 bridgehead atoms. The van der Waals surface area contributed by atoms with Gasteiger partial charge in [-0.15, -0.1) is 0 Å². The van der Waals surface area contributed by atoms with Crippen molar-refractivity contribution in [2.45, 2.75) is 0 Å². The summed E-state index contributed by atoms with van der Waals surface area (Å²) in [6, 6.07) is 0. The summed E-state index contributed by atoms with van der Waals surface area (Å²) >= 11 is 0. The molecule has 8 heavy (non-hydrogen) atoms. The molecule has 1 unspecified atom stereocenters. The maximum absolute atomic E-state index is 10.6. The van der Waals surface area contributed by atoms with Crippen molar-refractivity contribution in [3.05, 3.63) is 5.21 Å². The predicted molar refractivity (Wildman–Crippen MR) is 31.0 cm³/mol. The maximum atomic E-state index is 10.6. The number of rotatable bonds is 0. The fourth-order valence-corrected chi connectivity index (χ4v) is 1.06. The van der Waals surface area contributed by atoms with Crippen molar-refractivity contribution < 1.29 is 9.55 Å². The zero-order chi connectivity index (χ0) is 6.20. The van der Waals surface area contributed by atoms with E-state index in [1.807, 2.05) is 0 Å². The summed E-state index contributed by atoms with van der Waals surface area (Å²) in [5.74, 6) is 0. The van der Waals surface area contributed by atoms with Crippen molar-refractivity contribution >= 4 is 0 Å². The number of quaternary nitrogens is 2. The fourth-order valence-electron chi connectivity index (χ4n) is 1.06. The van der Waals surface area contributed by atoms with Crippen LogP contribution in [-0.2, 0) is 0 Å². The van der Waals surface area contributed by atoms with Crippen molar-refractivity contribution in [2.75, 3.05) is 33.9 Å². The number of hydrogen-bond acceptors (Lipinski definition) is 1. The smallest absolute Gasteiger partial charge is 0.205 e. The Hall–Kier alpha value is -0.120. The molecule has 0 spiro atoms. The molecule has 1 aliphatic rings. The second kappa shape index (κ2) is 1.69. The Labute approximate surface area is 49.7 Å². The van der Waals surface area contributed by atoms with Gasteiger partial charge in [-0.05, 0) is 0 Å². The van der Waals surface area contributed by atoms with E-state index in [1.54, 1.807) is 0 Å². The second-order valence-electron chi connectivity index (χ2n) is 3.11. The number of nitrogens with zero attached hydrogens (tertiary/aromatic N) is 1. The highest BCUT2D eigenvalue weighted by Gasteiger charge is 2.26. The van der Waals surface area contributed by atoms with Gasteiger partial charge in [0.1, 0.15) is 13.1 Å². The topological polar surface area (TPSA) is 27.5 Å². The van der Waals surface area contributed by atoms with Crippen LogP contribution in [0.1, 0.15) is 0 Å². The Bertz CT molecular complexity index is 92.4. The third-order valence-corrected chi connectivity index (χ3v) is 1.60. The van der Waals surface area contributed by atoms with E-state index in [2.05, 4.69) is 14.1 Å². The number of likely N-dealkylation sites (N-methyl/N-ethyl adjacent to an activating group) is 1. The molecule has 0 aromatic heterocycles. The zero-order valence-corrected chi connectivity index (χ0v) is 5.48. The number of nitrogens with one attached hydrogen (secondary N) is 1. The highest BCUT2D eigenvalue weighted by Crippen LogP contribution is 1.93. The molecule has 1 aliphatic heterocycles. The van der Waals surface area contributed by atoms with Gasteiger partial charge >= 0.3 is 0 Å². The Balaban J connectivity index is 2.44. The van der Waals surface area contributed by atoms with E-state index < -0.39 is 0 Å². The minimum Gasteiger partial charge on any atom is -0.630 e. The maximum Gasteiger partial charge on any atom is 0.205 e. The highest BCUT2D eigenvalue weighted by atomic mass is 16.5. The molecule has 1 heterocycles. The third kappa shape index (κ3) is 1.18. The number of hydrogen-bond donors (Lipinski definition) is 1. The zero-order valence-electron chi connectivity index (χ0n) is 5.48. The lowest BCUT2D eigenvalue weighted by Gasteiger charge is -2.21. The van der Waals surface area contributed by atoms with E-state index in [0.29, 0.717) is 5.06 Å². The van der Waals surface area contributed by atoms with Crippen LogP contribution in [0.4, 0.5) is 0 Å². The normalized spacial score (nSPS) is 35.6. The monoisotopic (exact) mass is 117 g/mol. The lowest BCUT2D eigenvalue weighted by Crippen LogP contribution is -3.06. The molecule has 0 amide bonds. The van der Waals surface area contributed by atoms with Gasteiger partial charge in [0.25, 0.3) is 0 Å². The Morgan fingerprint density at radius 3 is 2.25 bits per heavy atom. The molecular formula is C5H13N2O+. The van der Waals surface area contributed by atoms with Crippen molar-refractivity contribution in [2.24, 2.45) is 0 Å². The van der Waals surface area contributed by atoms with Gasteiger partial charge in [-0.2, -0.15) is 0 Å². The molecule has 0 aromatic carbocycles. The van der Waals surface area contributed by atoms with Crippen molar-refractivity contribution in [3.63, 3.8) is 0 Å². The van der Waals surface area contributed by atoms with Gasteiger partial charge in [0.15, 0.2) is 0 Å². The average molecular weight is 117 g/mol. The van der Waals surface area contributed by atoms with Crippen LogP contribution in [0.25, 0.3) is 0 Å². The molecule has 0 radical (unpaired) electrons. The van der Waals surface area contributed by atoms with Gasteiger partial charge in [-0.3, -0.25) is 4.48 Å². The summed E-state index contributed by atoms with van der Waals surface area (Å²) in [5.41, 5.74) is 0. The molecule has 1 saturated heterocycles. The lowest BCUT2D eigenvalue weighted by atomic mass is 10.6. The van der Waals surface area contributed by atoms with Crippen LogP contribution in [0.2, 0.25) is 0 Å². The summed E-state index contributed by atoms with van der Waals surface area (Å²) in [4.78, 5) is 0. The molecule has 3 nitrogen and oxygen atoms in total. The van der Waals surface area contributed by atoms with E-state index in [0.717, 1.165) is 24.2 Å². The van der Waals surface area contributed by atoms with Crippen molar-refractivity contribution in [1.82, 2.24) is 0 Å². The third-order valence-electron chi connectivity index (χ3n) is 1.60. The first-order valence-corrected chi connectivity index (χ1v) is 2.94. The van der Waals surface area contributed by atoms with Gasteiger partial charge in [0.2, 0.25) is 6.67 Å². The quantitative estimate of drug-likeness (QED) is 0.301. The molecule has 0 aliphatic carbocycles. The molecule has 1 rings (SSSR count). The Kier molecular flexibility index (Phi) is 1.27. The first kappa shape index (κ1) is 6.01. The van der Waals surface area contributed by atoms with Crippen LogP contribution in [0.15, 0.2) is 0 Å². The Morgan fingerprint density at radius 2 is 2.12 bits per heavy atom. The minimum absolute atomic E-state index is 0.412. The largest absolute Gasteiger partial charge is 0.630 e. The van der Waals surface area contributed by atoms with Crippen LogP contribution in [0.5, 0.6) is 0 Å². The van der Waals surface area contributed by atoms with Crippen LogP contribution >= 0.6 is 0 Å². The lowest BCUT2D eigenvalue weighted by molar-refractivity contribution is -0.996. The van der Waals surface area contributed by atoms with Crippen LogP contribution < -0.4 is 5.06 Å². The summed E-state index contributed by atoms with van der Waals surface area (Å²) in [7, 11) is 4.18. The minimum atomic E-state index is 0.412. The summed E-state index contributed by atoms with van der Waals surface area (Å²) in [5, 5.41) is 11.1. The van der Waals surface area contributed by atoms with Crippen LogP contribution in [-0.4, -0.2) is 38.3 Å². The second-order valence-corrected chi connectivity index (χ2v) is 3.11. The van der Waals surface area contributed by atoms with E-state index >= 15 is 0 Å². The molecule has 3 heteroatoms. The van der Waals surface area contributed by atoms with Gasteiger partial charge in [-0.1, -0.05) is 0 Å². The van der Waals surface area contributed by atoms with Crippen LogP contribution in [0.3, 0.4) is 0 Å². The first-order valence-electron chi connectivity index (χ1n) is 2.94. The van der Waals surface area contributed by atoms with Crippen molar-refractivity contribution in [3.8, 4) is 0 Å². The highest BCUT2D eigenvalue weighted by molar-refractivity contribution is 4.33. The molecule has 1 N–H and O–H groups in total. The van der Waals surface area contributed by atoms with Gasteiger partial charge in [0, 0.05) is 0 Å².